The van der Waals surface area contributed by atoms with Crippen molar-refractivity contribution in [3.63, 3.8) is 0 Å². The fourth-order valence-corrected chi connectivity index (χ4v) is 1.38. The Hall–Kier alpha value is -1.11. The van der Waals surface area contributed by atoms with Crippen LogP contribution in [0.25, 0.3) is 0 Å². The maximum absolute atomic E-state index is 11.6. The van der Waals surface area contributed by atoms with Gasteiger partial charge in [0, 0.05) is 3.57 Å². The lowest BCUT2D eigenvalue weighted by Crippen LogP contribution is -2.24. The summed E-state index contributed by atoms with van der Waals surface area (Å²) in [4.78, 5) is 23.0. The normalized spacial score (nSPS) is 10.9. The van der Waals surface area contributed by atoms with Crippen molar-refractivity contribution in [2.75, 3.05) is 6.79 Å². The third kappa shape index (κ3) is 4.64. The zero-order valence-electron chi connectivity index (χ0n) is 10.5. The van der Waals surface area contributed by atoms with Crippen LogP contribution in [0, 0.1) is 8.99 Å². The number of hydrogen-bond donors (Lipinski definition) is 0. The van der Waals surface area contributed by atoms with Gasteiger partial charge in [-0.1, -0.05) is 0 Å². The first kappa shape index (κ1) is 14.9. The van der Waals surface area contributed by atoms with Gasteiger partial charge in [-0.3, -0.25) is 4.79 Å². The summed E-state index contributed by atoms with van der Waals surface area (Å²) >= 11 is 2.14. The molecule has 0 radical (unpaired) electrons. The molecule has 1 rings (SSSR count). The Balaban J connectivity index is 2.43. The number of carbonyl (C=O) groups is 2. The van der Waals surface area contributed by atoms with E-state index in [4.69, 9.17) is 9.47 Å². The molecule has 0 aromatic heterocycles. The number of halogens is 1. The van der Waals surface area contributed by atoms with Gasteiger partial charge in [-0.05, 0) is 67.6 Å². The van der Waals surface area contributed by atoms with Crippen LogP contribution in [0.15, 0.2) is 24.3 Å². The van der Waals surface area contributed by atoms with Crippen molar-refractivity contribution in [2.45, 2.75) is 20.8 Å². The Morgan fingerprint density at radius 1 is 1.11 bits per heavy atom. The van der Waals surface area contributed by atoms with Crippen molar-refractivity contribution in [2.24, 2.45) is 5.41 Å². The topological polar surface area (TPSA) is 52.6 Å². The Bertz CT molecular complexity index is 431. The van der Waals surface area contributed by atoms with Crippen LogP contribution in [0.5, 0.6) is 0 Å². The fraction of sp³-hybridized carbons (Fsp3) is 0.385. The van der Waals surface area contributed by atoms with Crippen molar-refractivity contribution in [1.29, 1.82) is 0 Å². The lowest BCUT2D eigenvalue weighted by Gasteiger charge is -2.16. The molecule has 0 fully saturated rings. The molecule has 0 saturated heterocycles. The Morgan fingerprint density at radius 3 is 2.17 bits per heavy atom. The number of benzene rings is 1. The fourth-order valence-electron chi connectivity index (χ4n) is 1.02. The molecular weight excluding hydrogens is 347 g/mol. The number of esters is 2. The van der Waals surface area contributed by atoms with Gasteiger partial charge in [-0.15, -0.1) is 0 Å². The molecule has 0 unspecified atom stereocenters. The number of carbonyl (C=O) groups excluding carboxylic acids is 2. The van der Waals surface area contributed by atoms with Crippen LogP contribution < -0.4 is 0 Å². The van der Waals surface area contributed by atoms with Crippen molar-refractivity contribution in [1.82, 2.24) is 0 Å². The van der Waals surface area contributed by atoms with Crippen LogP contribution in [0.1, 0.15) is 31.1 Å². The van der Waals surface area contributed by atoms with Crippen molar-refractivity contribution < 1.29 is 19.1 Å². The van der Waals surface area contributed by atoms with E-state index in [0.29, 0.717) is 5.56 Å². The Labute approximate surface area is 120 Å². The third-order valence-corrected chi connectivity index (χ3v) is 2.79. The first-order valence-corrected chi connectivity index (χ1v) is 6.48. The molecule has 98 valence electrons. The summed E-state index contributed by atoms with van der Waals surface area (Å²) in [6.07, 6.45) is 0. The van der Waals surface area contributed by atoms with Crippen LogP contribution in [0.2, 0.25) is 0 Å². The zero-order valence-corrected chi connectivity index (χ0v) is 12.7. The van der Waals surface area contributed by atoms with E-state index >= 15 is 0 Å². The van der Waals surface area contributed by atoms with Crippen LogP contribution in [-0.4, -0.2) is 18.7 Å². The van der Waals surface area contributed by atoms with E-state index in [-0.39, 0.29) is 6.79 Å². The average molecular weight is 362 g/mol. The minimum absolute atomic E-state index is 0.360. The lowest BCUT2D eigenvalue weighted by atomic mass is 9.98. The van der Waals surface area contributed by atoms with E-state index in [9.17, 15) is 9.59 Å². The standard InChI is InChI=1S/C13H15IO4/c1-13(2,3)12(16)18-8-17-11(15)9-4-6-10(14)7-5-9/h4-7H,8H2,1-3H3. The maximum atomic E-state index is 11.6. The van der Waals surface area contributed by atoms with E-state index < -0.39 is 17.4 Å². The molecule has 0 spiro atoms. The Kier molecular flexibility index (Phi) is 5.13. The second-order valence-corrected chi connectivity index (χ2v) is 5.98. The predicted octanol–water partition coefficient (Wildman–Crippen LogP) is 2.99. The molecule has 0 N–H and O–H groups in total. The molecule has 1 aromatic rings. The molecular formula is C13H15IO4. The third-order valence-electron chi connectivity index (χ3n) is 2.07. The molecule has 5 heteroatoms. The molecule has 1 aromatic carbocycles. The molecule has 4 nitrogen and oxygen atoms in total. The molecule has 0 aliphatic heterocycles. The maximum Gasteiger partial charge on any atom is 0.341 e. The van der Waals surface area contributed by atoms with Crippen LogP contribution in [0.4, 0.5) is 0 Å². The summed E-state index contributed by atoms with van der Waals surface area (Å²) in [5, 5.41) is 0. The summed E-state index contributed by atoms with van der Waals surface area (Å²) in [7, 11) is 0. The highest BCUT2D eigenvalue weighted by molar-refractivity contribution is 14.1. The molecule has 0 aliphatic carbocycles. The van der Waals surface area contributed by atoms with Gasteiger partial charge in [-0.25, -0.2) is 4.79 Å². The highest BCUT2D eigenvalue weighted by Crippen LogP contribution is 2.15. The van der Waals surface area contributed by atoms with Gasteiger partial charge in [0.25, 0.3) is 0 Å². The second-order valence-electron chi connectivity index (χ2n) is 4.74. The van der Waals surface area contributed by atoms with E-state index in [0.717, 1.165) is 3.57 Å². The van der Waals surface area contributed by atoms with Gasteiger partial charge in [0.1, 0.15) is 0 Å². The minimum atomic E-state index is -0.602. The molecule has 0 saturated carbocycles. The average Bonchev–Trinajstić information content (AvgIpc) is 2.28. The molecule has 0 amide bonds. The second kappa shape index (κ2) is 6.17. The van der Waals surface area contributed by atoms with Crippen LogP contribution in [0.3, 0.4) is 0 Å². The van der Waals surface area contributed by atoms with Gasteiger partial charge in [0.2, 0.25) is 6.79 Å². The molecule has 0 aliphatic rings. The number of hydrogen-bond acceptors (Lipinski definition) is 4. The van der Waals surface area contributed by atoms with Crippen LogP contribution in [-0.2, 0) is 14.3 Å². The SMILES string of the molecule is CC(C)(C)C(=O)OCOC(=O)c1ccc(I)cc1. The highest BCUT2D eigenvalue weighted by atomic mass is 127. The number of ether oxygens (including phenoxy) is 2. The smallest absolute Gasteiger partial charge is 0.341 e. The largest absolute Gasteiger partial charge is 0.427 e. The van der Waals surface area contributed by atoms with Gasteiger partial charge in [-0.2, -0.15) is 0 Å². The summed E-state index contributed by atoms with van der Waals surface area (Å²) in [5.41, 5.74) is -0.169. The first-order chi connectivity index (χ1) is 8.30. The first-order valence-electron chi connectivity index (χ1n) is 5.40. The van der Waals surface area contributed by atoms with Gasteiger partial charge in [0.05, 0.1) is 11.0 Å². The molecule has 0 atom stereocenters. The van der Waals surface area contributed by atoms with E-state index in [1.54, 1.807) is 45.0 Å². The predicted molar refractivity (Wildman–Crippen MR) is 75.0 cm³/mol. The summed E-state index contributed by atoms with van der Waals surface area (Å²) < 4.78 is 10.7. The summed E-state index contributed by atoms with van der Waals surface area (Å²) in [6.45, 7) is 4.84. The van der Waals surface area contributed by atoms with E-state index in [1.807, 2.05) is 0 Å². The van der Waals surface area contributed by atoms with Crippen molar-refractivity contribution in [3.8, 4) is 0 Å². The summed E-state index contributed by atoms with van der Waals surface area (Å²) in [6, 6.07) is 6.93. The monoisotopic (exact) mass is 362 g/mol. The van der Waals surface area contributed by atoms with Crippen LogP contribution >= 0.6 is 22.6 Å². The minimum Gasteiger partial charge on any atom is -0.427 e. The van der Waals surface area contributed by atoms with Gasteiger partial charge >= 0.3 is 11.9 Å². The Morgan fingerprint density at radius 2 is 1.67 bits per heavy atom. The van der Waals surface area contributed by atoms with Crippen molar-refractivity contribution in [3.05, 3.63) is 33.4 Å². The quantitative estimate of drug-likeness (QED) is 0.471. The molecule has 0 heterocycles. The van der Waals surface area contributed by atoms with E-state index in [1.165, 1.54) is 0 Å². The highest BCUT2D eigenvalue weighted by Gasteiger charge is 2.23. The molecule has 0 bridgehead atoms. The summed E-state index contributed by atoms with van der Waals surface area (Å²) in [5.74, 6) is -0.911. The molecule has 18 heavy (non-hydrogen) atoms. The zero-order chi connectivity index (χ0) is 13.8. The van der Waals surface area contributed by atoms with Crippen molar-refractivity contribution >= 4 is 34.5 Å². The van der Waals surface area contributed by atoms with Gasteiger partial charge < -0.3 is 9.47 Å². The van der Waals surface area contributed by atoms with E-state index in [2.05, 4.69) is 22.6 Å². The van der Waals surface area contributed by atoms with Gasteiger partial charge in [0.15, 0.2) is 0 Å². The lowest BCUT2D eigenvalue weighted by molar-refractivity contribution is -0.161. The number of rotatable bonds is 3.